The fraction of sp³-hybridized carbons (Fsp3) is 0.105. The van der Waals surface area contributed by atoms with Crippen molar-refractivity contribution in [2.75, 3.05) is 0 Å². The van der Waals surface area contributed by atoms with Gasteiger partial charge in [-0.2, -0.15) is 0 Å². The van der Waals surface area contributed by atoms with Gasteiger partial charge in [-0.15, -0.1) is 0 Å². The van der Waals surface area contributed by atoms with Crippen LogP contribution in [0.15, 0.2) is 164 Å². The lowest BCUT2D eigenvalue weighted by Gasteiger charge is -2.18. The van der Waals surface area contributed by atoms with Gasteiger partial charge in [-0.1, -0.05) is 151 Å². The molecule has 0 atom stereocenters. The van der Waals surface area contributed by atoms with E-state index in [1.54, 1.807) is 6.07 Å². The second-order valence-corrected chi connectivity index (χ2v) is 16.6. The summed E-state index contributed by atoms with van der Waals surface area (Å²) < 4.78 is 18.5. The summed E-state index contributed by atoms with van der Waals surface area (Å²) in [5, 5.41) is 2.22. The molecule has 0 saturated heterocycles. The highest BCUT2D eigenvalue weighted by Gasteiger charge is 2.22. The highest BCUT2D eigenvalue weighted by molar-refractivity contribution is 6.12. The number of hydrogen-bond donors (Lipinski definition) is 0. The molecule has 0 spiro atoms. The van der Waals surface area contributed by atoms with Crippen LogP contribution in [0, 0.1) is 47.4 Å². The highest BCUT2D eigenvalue weighted by atomic mass is 19.1. The van der Waals surface area contributed by atoms with E-state index in [0.29, 0.717) is 23.0 Å². The number of fused-ring (bicyclic) bond motifs is 3. The van der Waals surface area contributed by atoms with Gasteiger partial charge in [0.2, 0.25) is 0 Å². The maximum atomic E-state index is 16.2. The Morgan fingerprint density at radius 1 is 0.371 bits per heavy atom. The molecule has 300 valence electrons. The van der Waals surface area contributed by atoms with Crippen molar-refractivity contribution >= 4 is 21.8 Å². The van der Waals surface area contributed by atoms with Crippen LogP contribution in [0.5, 0.6) is 0 Å². The molecule has 0 aliphatic carbocycles. The first kappa shape index (κ1) is 38.7. The summed E-state index contributed by atoms with van der Waals surface area (Å²) in [6.45, 7) is 13.1. The van der Waals surface area contributed by atoms with Crippen molar-refractivity contribution in [2.45, 2.75) is 41.5 Å². The van der Waals surface area contributed by atoms with Gasteiger partial charge < -0.3 is 4.57 Å². The molecule has 4 nitrogen and oxygen atoms in total. The van der Waals surface area contributed by atoms with Gasteiger partial charge in [0, 0.05) is 38.6 Å². The number of aryl methyl sites for hydroxylation is 6. The monoisotopic (exact) mass is 804 g/mol. The molecule has 0 saturated carbocycles. The predicted molar refractivity (Wildman–Crippen MR) is 255 cm³/mol. The van der Waals surface area contributed by atoms with E-state index < -0.39 is 0 Å². The Morgan fingerprint density at radius 2 is 0.790 bits per heavy atom. The van der Waals surface area contributed by atoms with Crippen molar-refractivity contribution in [3.63, 3.8) is 0 Å². The number of aromatic nitrogens is 4. The molecular formula is C57H45FN4. The molecule has 2 heterocycles. The first-order valence-electron chi connectivity index (χ1n) is 21.1. The summed E-state index contributed by atoms with van der Waals surface area (Å²) in [4.78, 5) is 15.2. The minimum Gasteiger partial charge on any atom is -0.309 e. The Balaban J connectivity index is 1.31. The Kier molecular flexibility index (Phi) is 9.68. The summed E-state index contributed by atoms with van der Waals surface area (Å²) in [6.07, 6.45) is 0. The molecule has 62 heavy (non-hydrogen) atoms. The minimum atomic E-state index is -0.293. The summed E-state index contributed by atoms with van der Waals surface area (Å²) in [7, 11) is 0. The van der Waals surface area contributed by atoms with Crippen molar-refractivity contribution < 1.29 is 4.39 Å². The molecule has 0 unspecified atom stereocenters. The average Bonchev–Trinajstić information content (AvgIpc) is 3.59. The van der Waals surface area contributed by atoms with Gasteiger partial charge in [0.1, 0.15) is 5.82 Å². The Morgan fingerprint density at radius 3 is 1.26 bits per heavy atom. The predicted octanol–water partition coefficient (Wildman–Crippen LogP) is 15.0. The molecule has 0 radical (unpaired) electrons. The van der Waals surface area contributed by atoms with Gasteiger partial charge in [-0.25, -0.2) is 19.3 Å². The van der Waals surface area contributed by atoms with Gasteiger partial charge in [0.05, 0.1) is 16.7 Å². The van der Waals surface area contributed by atoms with Crippen LogP contribution in [0.25, 0.3) is 95.0 Å². The standard InChI is InChI=1S/C57H45FN4/c1-34-27-36(3)53(37(4)28-34)42-21-24-47-48-25-22-43(54-38(5)29-35(2)30-39(54)6)32-51(48)62(50(47)31-42)52-33-44(23-26-46(52)45-19-13-14-20-49(45)58)57-60-55(40-15-9-7-10-16-40)59-56(61-57)41-17-11-8-12-18-41/h7-33H,1-6H3. The maximum absolute atomic E-state index is 16.2. The van der Waals surface area contributed by atoms with Crippen molar-refractivity contribution in [2.24, 2.45) is 0 Å². The summed E-state index contributed by atoms with van der Waals surface area (Å²) in [5.41, 5.74) is 18.8. The summed E-state index contributed by atoms with van der Waals surface area (Å²) in [6, 6.07) is 55.8. The van der Waals surface area contributed by atoms with E-state index in [-0.39, 0.29) is 5.82 Å². The number of rotatable bonds is 7. The van der Waals surface area contributed by atoms with Crippen LogP contribution in [0.3, 0.4) is 0 Å². The lowest BCUT2D eigenvalue weighted by molar-refractivity contribution is 0.631. The van der Waals surface area contributed by atoms with Crippen LogP contribution < -0.4 is 0 Å². The molecule has 10 aromatic rings. The number of nitrogens with zero attached hydrogens (tertiary/aromatic N) is 4. The van der Waals surface area contributed by atoms with Crippen LogP contribution in [-0.2, 0) is 0 Å². The van der Waals surface area contributed by atoms with Gasteiger partial charge >= 0.3 is 0 Å². The van der Waals surface area contributed by atoms with Crippen LogP contribution in [0.2, 0.25) is 0 Å². The van der Waals surface area contributed by atoms with Gasteiger partial charge in [0.25, 0.3) is 0 Å². The quantitative estimate of drug-likeness (QED) is 0.161. The van der Waals surface area contributed by atoms with Crippen LogP contribution in [0.1, 0.15) is 33.4 Å². The average molecular weight is 805 g/mol. The van der Waals surface area contributed by atoms with Gasteiger partial charge in [0.15, 0.2) is 17.5 Å². The Bertz CT molecular complexity index is 3150. The molecule has 5 heteroatoms. The second kappa shape index (κ2) is 15.5. The molecule has 0 aliphatic rings. The van der Waals surface area contributed by atoms with E-state index in [4.69, 9.17) is 15.0 Å². The first-order chi connectivity index (χ1) is 30.1. The third-order valence-corrected chi connectivity index (χ3v) is 12.1. The SMILES string of the molecule is Cc1cc(C)c(-c2ccc3c4ccc(-c5c(C)cc(C)cc5C)cc4n(-c4cc(-c5nc(-c6ccccc6)nc(-c6ccccc6)n5)ccc4-c4ccccc4F)c3c2)c(C)c1. The van der Waals surface area contributed by atoms with Crippen LogP contribution in [-0.4, -0.2) is 19.5 Å². The molecule has 0 amide bonds. The zero-order chi connectivity index (χ0) is 42.6. The third kappa shape index (κ3) is 6.86. The largest absolute Gasteiger partial charge is 0.309 e. The highest BCUT2D eigenvalue weighted by Crippen LogP contribution is 2.43. The zero-order valence-corrected chi connectivity index (χ0v) is 35.8. The Hall–Kier alpha value is -7.50. The fourth-order valence-electron chi connectivity index (χ4n) is 9.56. The van der Waals surface area contributed by atoms with Crippen molar-refractivity contribution in [1.82, 2.24) is 19.5 Å². The van der Waals surface area contributed by atoms with Crippen molar-refractivity contribution in [3.8, 4) is 73.2 Å². The molecule has 8 aromatic carbocycles. The molecule has 0 aliphatic heterocycles. The van der Waals surface area contributed by atoms with Gasteiger partial charge in [-0.3, -0.25) is 0 Å². The Labute approximate surface area is 362 Å². The van der Waals surface area contributed by atoms with E-state index in [9.17, 15) is 0 Å². The molecule has 2 aromatic heterocycles. The van der Waals surface area contributed by atoms with Crippen molar-refractivity contribution in [3.05, 3.63) is 203 Å². The van der Waals surface area contributed by atoms with E-state index >= 15 is 4.39 Å². The van der Waals surface area contributed by atoms with Gasteiger partial charge in [-0.05, 0) is 110 Å². The summed E-state index contributed by atoms with van der Waals surface area (Å²) >= 11 is 0. The molecule has 0 fully saturated rings. The van der Waals surface area contributed by atoms with Crippen molar-refractivity contribution in [1.29, 1.82) is 0 Å². The fourth-order valence-corrected chi connectivity index (χ4v) is 9.56. The van der Waals surface area contributed by atoms with Crippen LogP contribution in [0.4, 0.5) is 4.39 Å². The van der Waals surface area contributed by atoms with E-state index in [1.165, 1.54) is 50.6 Å². The third-order valence-electron chi connectivity index (χ3n) is 12.1. The topological polar surface area (TPSA) is 43.6 Å². The minimum absolute atomic E-state index is 0.293. The molecule has 0 N–H and O–H groups in total. The van der Waals surface area contributed by atoms with E-state index in [0.717, 1.165) is 60.9 Å². The normalized spacial score (nSPS) is 11.5. The molecule has 0 bridgehead atoms. The second-order valence-electron chi connectivity index (χ2n) is 16.6. The van der Waals surface area contributed by atoms with E-state index in [2.05, 4.69) is 113 Å². The smallest absolute Gasteiger partial charge is 0.164 e. The zero-order valence-electron chi connectivity index (χ0n) is 35.8. The van der Waals surface area contributed by atoms with E-state index in [1.807, 2.05) is 84.9 Å². The lowest BCUT2D eigenvalue weighted by atomic mass is 9.92. The van der Waals surface area contributed by atoms with Crippen LogP contribution >= 0.6 is 0 Å². The maximum Gasteiger partial charge on any atom is 0.164 e. The number of benzene rings is 8. The molecular weight excluding hydrogens is 760 g/mol. The summed E-state index contributed by atoms with van der Waals surface area (Å²) in [5.74, 6) is 1.39. The first-order valence-corrected chi connectivity index (χ1v) is 21.1. The molecule has 10 rings (SSSR count). The lowest BCUT2D eigenvalue weighted by Crippen LogP contribution is -2.03. The number of hydrogen-bond acceptors (Lipinski definition) is 3. The number of halogens is 1.